The van der Waals surface area contributed by atoms with E-state index in [1.165, 1.54) is 6.33 Å². The van der Waals surface area contributed by atoms with Gasteiger partial charge in [0.1, 0.15) is 0 Å². The van der Waals surface area contributed by atoms with Crippen LogP contribution in [0.15, 0.2) is 11.1 Å². The minimum Gasteiger partial charge on any atom is -0.409 e. The number of carbonyl (C=O) groups is 1. The third-order valence-electron chi connectivity index (χ3n) is 6.70. The summed E-state index contributed by atoms with van der Waals surface area (Å²) in [5.41, 5.74) is -0.0734. The summed E-state index contributed by atoms with van der Waals surface area (Å²) in [6.45, 7) is 16.4. The Labute approximate surface area is 201 Å². The number of H-pyrrole nitrogens is 1. The number of aromatic nitrogens is 4. The molecule has 0 spiro atoms. The summed E-state index contributed by atoms with van der Waals surface area (Å²) in [5.74, 6) is -0.614. The summed E-state index contributed by atoms with van der Waals surface area (Å²) in [4.78, 5) is 36.1. The fourth-order valence-electron chi connectivity index (χ4n) is 3.49. The molecule has 2 aromatic heterocycles. The van der Waals surface area contributed by atoms with Crippen LogP contribution in [0, 0.1) is 11.8 Å². The Morgan fingerprint density at radius 2 is 2.06 bits per heavy atom. The average Bonchev–Trinajstić information content (AvgIpc) is 3.27. The SMILES string of the molecule is CC(C)C(=O)Nc1nc2c(ncn2[C@@H]2O[C@H](COP=O)[C@@H](C)[C@H]2O[Si](C)(C)C(C)(C)C)c(=O)[nH]1. The first kappa shape index (κ1) is 26.6. The van der Waals surface area contributed by atoms with E-state index in [-0.39, 0.29) is 58.7 Å². The zero-order valence-corrected chi connectivity index (χ0v) is 22.8. The molecule has 1 aliphatic heterocycles. The van der Waals surface area contributed by atoms with Crippen LogP contribution in [0.4, 0.5) is 5.95 Å². The van der Waals surface area contributed by atoms with E-state index in [0.29, 0.717) is 0 Å². The molecule has 0 saturated carbocycles. The molecule has 1 fully saturated rings. The van der Waals surface area contributed by atoms with Crippen molar-refractivity contribution < 1.29 is 23.0 Å². The van der Waals surface area contributed by atoms with Crippen molar-refractivity contribution >= 4 is 40.0 Å². The third-order valence-corrected chi connectivity index (χ3v) is 11.4. The van der Waals surface area contributed by atoms with E-state index in [0.717, 1.165) is 0 Å². The molecule has 11 nitrogen and oxygen atoms in total. The molecule has 0 aromatic carbocycles. The number of amides is 1. The largest absolute Gasteiger partial charge is 0.409 e. The molecule has 13 heteroatoms. The Kier molecular flexibility index (Phi) is 7.78. The van der Waals surface area contributed by atoms with E-state index in [1.807, 2.05) is 6.92 Å². The summed E-state index contributed by atoms with van der Waals surface area (Å²) in [5, 5.41) is 2.59. The molecule has 2 aromatic rings. The number of imidazole rings is 1. The van der Waals surface area contributed by atoms with Gasteiger partial charge in [-0.15, -0.1) is 0 Å². The van der Waals surface area contributed by atoms with Gasteiger partial charge >= 0.3 is 8.69 Å². The van der Waals surface area contributed by atoms with Gasteiger partial charge in [-0.1, -0.05) is 41.5 Å². The van der Waals surface area contributed by atoms with Crippen LogP contribution in [0.5, 0.6) is 0 Å². The smallest absolute Gasteiger partial charge is 0.327 e. The van der Waals surface area contributed by atoms with Gasteiger partial charge in [0.2, 0.25) is 11.9 Å². The minimum atomic E-state index is -2.21. The van der Waals surface area contributed by atoms with Crippen molar-refractivity contribution in [2.45, 2.75) is 78.1 Å². The molecule has 3 heterocycles. The molecule has 0 unspecified atom stereocenters. The Balaban J connectivity index is 2.05. The minimum absolute atomic E-state index is 0.0379. The zero-order chi connectivity index (χ0) is 25.4. The van der Waals surface area contributed by atoms with Gasteiger partial charge < -0.3 is 9.16 Å². The molecule has 1 aliphatic rings. The maximum absolute atomic E-state index is 12.6. The number of aromatic amines is 1. The topological polar surface area (TPSA) is 137 Å². The summed E-state index contributed by atoms with van der Waals surface area (Å²) in [6, 6.07) is 0. The molecule has 0 aliphatic carbocycles. The van der Waals surface area contributed by atoms with E-state index in [2.05, 4.69) is 54.1 Å². The maximum atomic E-state index is 12.6. The normalized spacial score (nSPS) is 23.8. The summed E-state index contributed by atoms with van der Waals surface area (Å²) in [6.07, 6.45) is 0.0786. The monoisotopic (exact) mass is 511 g/mol. The molecule has 1 amide bonds. The molecule has 0 bridgehead atoms. The molecule has 188 valence electrons. The van der Waals surface area contributed by atoms with Crippen LogP contribution in [0.3, 0.4) is 0 Å². The predicted octanol–water partition coefficient (Wildman–Crippen LogP) is 3.86. The molecule has 4 atom stereocenters. The summed E-state index contributed by atoms with van der Waals surface area (Å²) in [7, 11) is -2.64. The van der Waals surface area contributed by atoms with Crippen LogP contribution >= 0.6 is 8.69 Å². The number of rotatable bonds is 8. The standard InChI is InChI=1S/C21H34N5O6PSi/c1-11(2)17(27)24-20-23-16-14(18(28)25-20)22-10-26(16)19-15(32-34(7,8)21(4,5)6)12(3)13(31-19)9-30-33-29/h10-13,15,19H,9H2,1-8H3,(H2,23,24,25,27,28)/t12-,13-,15-,19-/m1/s1. The zero-order valence-electron chi connectivity index (χ0n) is 20.9. The molecular weight excluding hydrogens is 477 g/mol. The number of ether oxygens (including phenoxy) is 1. The van der Waals surface area contributed by atoms with Crippen molar-refractivity contribution in [2.24, 2.45) is 11.8 Å². The quantitative estimate of drug-likeness (QED) is 0.403. The van der Waals surface area contributed by atoms with Gasteiger partial charge in [0, 0.05) is 11.8 Å². The molecule has 1 saturated heterocycles. The molecule has 2 N–H and O–H groups in total. The van der Waals surface area contributed by atoms with E-state index in [1.54, 1.807) is 18.4 Å². The second-order valence-electron chi connectivity index (χ2n) is 10.5. The van der Waals surface area contributed by atoms with E-state index >= 15 is 0 Å². The number of anilines is 1. The van der Waals surface area contributed by atoms with Crippen molar-refractivity contribution in [2.75, 3.05) is 11.9 Å². The van der Waals surface area contributed by atoms with Crippen molar-refractivity contribution in [1.29, 1.82) is 0 Å². The fourth-order valence-corrected chi connectivity index (χ4v) is 5.06. The number of nitrogens with zero attached hydrogens (tertiary/aromatic N) is 3. The second kappa shape index (κ2) is 9.94. The highest BCUT2D eigenvalue weighted by atomic mass is 31.1. The Morgan fingerprint density at radius 1 is 1.38 bits per heavy atom. The van der Waals surface area contributed by atoms with Crippen LogP contribution in [0.1, 0.15) is 47.8 Å². The molecule has 3 rings (SSSR count). The lowest BCUT2D eigenvalue weighted by atomic mass is 10.0. The van der Waals surface area contributed by atoms with Gasteiger partial charge in [0.15, 0.2) is 25.7 Å². The summed E-state index contributed by atoms with van der Waals surface area (Å²) < 4.78 is 30.7. The van der Waals surface area contributed by atoms with Crippen molar-refractivity contribution in [3.8, 4) is 0 Å². The van der Waals surface area contributed by atoms with E-state index < -0.39 is 28.8 Å². The van der Waals surface area contributed by atoms with Gasteiger partial charge in [0.05, 0.1) is 25.1 Å². The Bertz CT molecular complexity index is 1110. The predicted molar refractivity (Wildman–Crippen MR) is 130 cm³/mol. The average molecular weight is 512 g/mol. The molecule has 34 heavy (non-hydrogen) atoms. The second-order valence-corrected chi connectivity index (χ2v) is 15.7. The first-order valence-electron chi connectivity index (χ1n) is 11.3. The summed E-state index contributed by atoms with van der Waals surface area (Å²) >= 11 is 0. The van der Waals surface area contributed by atoms with E-state index in [4.69, 9.17) is 13.7 Å². The molecular formula is C21H34N5O6PSi. The number of nitrogens with one attached hydrogen (secondary N) is 2. The highest BCUT2D eigenvalue weighted by molar-refractivity contribution is 7.17. The van der Waals surface area contributed by atoms with Crippen LogP contribution in [-0.4, -0.2) is 52.6 Å². The highest BCUT2D eigenvalue weighted by Gasteiger charge is 2.49. The van der Waals surface area contributed by atoms with Gasteiger partial charge in [-0.2, -0.15) is 4.98 Å². The van der Waals surface area contributed by atoms with Crippen LogP contribution in [-0.2, 0) is 23.0 Å². The maximum Gasteiger partial charge on any atom is 0.327 e. The highest BCUT2D eigenvalue weighted by Crippen LogP contribution is 2.44. The number of carbonyl (C=O) groups excluding carboxylic acids is 1. The van der Waals surface area contributed by atoms with Crippen molar-refractivity contribution in [3.63, 3.8) is 0 Å². The lowest BCUT2D eigenvalue weighted by Crippen LogP contribution is -2.46. The van der Waals surface area contributed by atoms with Gasteiger partial charge in [-0.25, -0.2) is 9.55 Å². The fraction of sp³-hybridized carbons (Fsp3) is 0.714. The third kappa shape index (κ3) is 5.31. The van der Waals surface area contributed by atoms with E-state index in [9.17, 15) is 14.2 Å². The number of hydrogen-bond acceptors (Lipinski definition) is 8. The van der Waals surface area contributed by atoms with Crippen LogP contribution in [0.2, 0.25) is 18.1 Å². The number of fused-ring (bicyclic) bond motifs is 1. The van der Waals surface area contributed by atoms with Gasteiger partial charge in [-0.3, -0.25) is 29.0 Å². The van der Waals surface area contributed by atoms with Crippen LogP contribution < -0.4 is 10.9 Å². The molecule has 0 radical (unpaired) electrons. The lowest BCUT2D eigenvalue weighted by molar-refractivity contribution is -0.118. The van der Waals surface area contributed by atoms with Crippen molar-refractivity contribution in [3.05, 3.63) is 16.7 Å². The number of hydrogen-bond donors (Lipinski definition) is 2. The van der Waals surface area contributed by atoms with Crippen molar-refractivity contribution in [1.82, 2.24) is 19.5 Å². The lowest BCUT2D eigenvalue weighted by Gasteiger charge is -2.40. The van der Waals surface area contributed by atoms with Crippen LogP contribution in [0.25, 0.3) is 11.2 Å². The Hall–Kier alpha value is -1.98. The Morgan fingerprint density at radius 3 is 2.65 bits per heavy atom. The first-order chi connectivity index (χ1) is 15.8. The van der Waals surface area contributed by atoms with Gasteiger partial charge in [-0.05, 0) is 18.1 Å². The first-order valence-corrected chi connectivity index (χ1v) is 15.0. The van der Waals surface area contributed by atoms with Gasteiger partial charge in [0.25, 0.3) is 5.56 Å².